The van der Waals surface area contributed by atoms with E-state index in [1.54, 1.807) is 18.2 Å². The molecule has 5 rings (SSSR count). The van der Waals surface area contributed by atoms with E-state index in [0.717, 1.165) is 24.3 Å². The molecule has 2 amide bonds. The molecule has 34 heavy (non-hydrogen) atoms. The van der Waals surface area contributed by atoms with Gasteiger partial charge in [0.1, 0.15) is 5.82 Å². The molecule has 0 bridgehead atoms. The predicted octanol–water partition coefficient (Wildman–Crippen LogP) is 2.16. The number of benzene rings is 2. The smallest absolute Gasteiger partial charge is 0.242 e. The number of halogens is 2. The number of carbonyl (C=O) groups is 2. The number of anilines is 2. The molecule has 3 aliphatic heterocycles. The number of amides is 2. The lowest BCUT2D eigenvalue weighted by Gasteiger charge is -2.37. The summed E-state index contributed by atoms with van der Waals surface area (Å²) >= 11 is 6.28. The van der Waals surface area contributed by atoms with E-state index in [4.69, 9.17) is 11.6 Å². The zero-order valence-corrected chi connectivity index (χ0v) is 19.8. The first kappa shape index (κ1) is 22.9. The third-order valence-electron chi connectivity index (χ3n) is 6.99. The lowest BCUT2D eigenvalue weighted by molar-refractivity contribution is -0.133. The predicted molar refractivity (Wildman–Crippen MR) is 131 cm³/mol. The maximum atomic E-state index is 14.2. The van der Waals surface area contributed by atoms with Crippen LogP contribution in [0.3, 0.4) is 0 Å². The third-order valence-corrected chi connectivity index (χ3v) is 7.23. The Morgan fingerprint density at radius 2 is 1.68 bits per heavy atom. The molecule has 3 heterocycles. The first-order valence-corrected chi connectivity index (χ1v) is 12.2. The number of fused-ring (bicyclic) bond motifs is 1. The molecule has 7 nitrogen and oxygen atoms in total. The Kier molecular flexibility index (Phi) is 6.61. The van der Waals surface area contributed by atoms with Gasteiger partial charge in [0.15, 0.2) is 0 Å². The van der Waals surface area contributed by atoms with Gasteiger partial charge < -0.3 is 24.9 Å². The minimum Gasteiger partial charge on any atom is -0.366 e. The quantitative estimate of drug-likeness (QED) is 0.719. The van der Waals surface area contributed by atoms with Gasteiger partial charge in [-0.1, -0.05) is 29.8 Å². The Bertz CT molecular complexity index is 1070. The number of hydrogen-bond acceptors (Lipinski definition) is 5. The number of piperazine rings is 2. The summed E-state index contributed by atoms with van der Waals surface area (Å²) in [6.07, 6.45) is 0. The molecule has 3 aliphatic rings. The Labute approximate surface area is 204 Å². The monoisotopic (exact) mass is 485 g/mol. The van der Waals surface area contributed by atoms with Gasteiger partial charge in [-0.15, -0.1) is 0 Å². The van der Waals surface area contributed by atoms with Crippen LogP contribution in [0.4, 0.5) is 15.8 Å². The number of nitrogens with one attached hydrogen (secondary N) is 1. The first-order chi connectivity index (χ1) is 16.5. The van der Waals surface area contributed by atoms with Crippen molar-refractivity contribution in [2.24, 2.45) is 0 Å². The molecule has 2 fully saturated rings. The van der Waals surface area contributed by atoms with E-state index in [-0.39, 0.29) is 30.1 Å². The van der Waals surface area contributed by atoms with Crippen LogP contribution in [0, 0.1) is 5.82 Å². The molecule has 0 aliphatic carbocycles. The van der Waals surface area contributed by atoms with Crippen LogP contribution in [0.1, 0.15) is 11.5 Å². The Hall–Kier alpha value is -2.84. The Balaban J connectivity index is 1.28. The van der Waals surface area contributed by atoms with Crippen molar-refractivity contribution in [2.45, 2.75) is 5.92 Å². The van der Waals surface area contributed by atoms with E-state index in [1.165, 1.54) is 6.07 Å². The number of nitrogens with zero attached hydrogens (tertiary/aromatic N) is 4. The standard InChI is InChI=1S/C25H29ClFN5O2/c26-18-5-6-19-20(16-32(23(19)15-18)17-24(33)30-9-7-28-8-10-30)25(34)31-13-11-29(12-14-31)22-4-2-1-3-21(22)27/h1-6,15,20,28H,7-14,16-17H2. The van der Waals surface area contributed by atoms with Crippen molar-refractivity contribution < 1.29 is 14.0 Å². The lowest BCUT2D eigenvalue weighted by atomic mass is 9.99. The van der Waals surface area contributed by atoms with Crippen LogP contribution in [0.2, 0.25) is 5.02 Å². The summed E-state index contributed by atoms with van der Waals surface area (Å²) in [5.74, 6) is -0.468. The van der Waals surface area contributed by atoms with E-state index in [2.05, 4.69) is 5.32 Å². The van der Waals surface area contributed by atoms with Gasteiger partial charge in [-0.2, -0.15) is 0 Å². The highest BCUT2D eigenvalue weighted by atomic mass is 35.5. The molecule has 0 radical (unpaired) electrons. The van der Waals surface area contributed by atoms with E-state index in [9.17, 15) is 14.0 Å². The summed E-state index contributed by atoms with van der Waals surface area (Å²) in [6.45, 7) is 5.92. The van der Waals surface area contributed by atoms with Gasteiger partial charge in [-0.25, -0.2) is 4.39 Å². The number of para-hydroxylation sites is 1. The zero-order chi connectivity index (χ0) is 23.7. The molecule has 0 saturated carbocycles. The molecule has 0 spiro atoms. The van der Waals surface area contributed by atoms with Crippen LogP contribution in [-0.2, 0) is 9.59 Å². The highest BCUT2D eigenvalue weighted by Gasteiger charge is 2.38. The van der Waals surface area contributed by atoms with Crippen molar-refractivity contribution in [1.82, 2.24) is 15.1 Å². The van der Waals surface area contributed by atoms with Crippen LogP contribution in [0.25, 0.3) is 0 Å². The van der Waals surface area contributed by atoms with E-state index in [0.29, 0.717) is 56.5 Å². The zero-order valence-electron chi connectivity index (χ0n) is 19.1. The molecular weight excluding hydrogens is 457 g/mol. The molecule has 9 heteroatoms. The minimum absolute atomic E-state index is 0.0499. The Morgan fingerprint density at radius 3 is 2.41 bits per heavy atom. The average molecular weight is 486 g/mol. The van der Waals surface area contributed by atoms with Crippen molar-refractivity contribution in [3.63, 3.8) is 0 Å². The maximum absolute atomic E-state index is 14.2. The van der Waals surface area contributed by atoms with Crippen molar-refractivity contribution in [3.05, 3.63) is 58.9 Å². The van der Waals surface area contributed by atoms with Gasteiger partial charge in [0.05, 0.1) is 18.2 Å². The Morgan fingerprint density at radius 1 is 0.941 bits per heavy atom. The van der Waals surface area contributed by atoms with Gasteiger partial charge in [0.25, 0.3) is 0 Å². The van der Waals surface area contributed by atoms with Gasteiger partial charge in [-0.05, 0) is 29.8 Å². The van der Waals surface area contributed by atoms with E-state index >= 15 is 0 Å². The minimum atomic E-state index is -0.344. The van der Waals surface area contributed by atoms with Gasteiger partial charge in [0.2, 0.25) is 11.8 Å². The molecule has 1 unspecified atom stereocenters. The van der Waals surface area contributed by atoms with Gasteiger partial charge in [-0.3, -0.25) is 9.59 Å². The van der Waals surface area contributed by atoms with Crippen molar-refractivity contribution in [2.75, 3.05) is 75.2 Å². The van der Waals surface area contributed by atoms with Gasteiger partial charge in [0, 0.05) is 69.6 Å². The molecule has 2 aromatic rings. The summed E-state index contributed by atoms with van der Waals surface area (Å²) in [5, 5.41) is 3.85. The largest absolute Gasteiger partial charge is 0.366 e. The normalized spacial score (nSPS) is 20.5. The highest BCUT2D eigenvalue weighted by Crippen LogP contribution is 2.39. The fourth-order valence-corrected chi connectivity index (χ4v) is 5.30. The maximum Gasteiger partial charge on any atom is 0.242 e. The van der Waals surface area contributed by atoms with Crippen LogP contribution in [0.5, 0.6) is 0 Å². The molecular formula is C25H29ClFN5O2. The molecule has 1 N–H and O–H groups in total. The second kappa shape index (κ2) is 9.80. The summed E-state index contributed by atoms with van der Waals surface area (Å²) in [5.41, 5.74) is 2.35. The summed E-state index contributed by atoms with van der Waals surface area (Å²) in [7, 11) is 0. The molecule has 2 saturated heterocycles. The van der Waals surface area contributed by atoms with E-state index in [1.807, 2.05) is 37.8 Å². The second-order valence-corrected chi connectivity index (χ2v) is 9.47. The summed E-state index contributed by atoms with van der Waals surface area (Å²) < 4.78 is 14.2. The highest BCUT2D eigenvalue weighted by molar-refractivity contribution is 6.31. The number of hydrogen-bond donors (Lipinski definition) is 1. The second-order valence-electron chi connectivity index (χ2n) is 9.03. The summed E-state index contributed by atoms with van der Waals surface area (Å²) in [4.78, 5) is 34.2. The summed E-state index contributed by atoms with van der Waals surface area (Å²) in [6, 6.07) is 12.3. The van der Waals surface area contributed by atoms with Crippen LogP contribution in [-0.4, -0.2) is 87.1 Å². The van der Waals surface area contributed by atoms with Crippen molar-refractivity contribution in [3.8, 4) is 0 Å². The fraction of sp³-hybridized carbons (Fsp3) is 0.440. The molecule has 1 atom stereocenters. The van der Waals surface area contributed by atoms with Crippen molar-refractivity contribution in [1.29, 1.82) is 0 Å². The molecule has 180 valence electrons. The molecule has 0 aromatic heterocycles. The van der Waals surface area contributed by atoms with Crippen molar-refractivity contribution >= 4 is 34.8 Å². The fourth-order valence-electron chi connectivity index (χ4n) is 5.14. The topological polar surface area (TPSA) is 59.1 Å². The van der Waals surface area contributed by atoms with Crippen LogP contribution < -0.4 is 15.1 Å². The SMILES string of the molecule is O=C(CN1CC(C(=O)N2CCN(c3ccccc3F)CC2)c2ccc(Cl)cc21)N1CCNCC1. The lowest BCUT2D eigenvalue weighted by Crippen LogP contribution is -2.51. The van der Waals surface area contributed by atoms with Crippen LogP contribution >= 0.6 is 11.6 Å². The van der Waals surface area contributed by atoms with Crippen LogP contribution in [0.15, 0.2) is 42.5 Å². The third kappa shape index (κ3) is 4.57. The first-order valence-electron chi connectivity index (χ1n) is 11.8. The number of carbonyl (C=O) groups excluding carboxylic acids is 2. The van der Waals surface area contributed by atoms with Gasteiger partial charge >= 0.3 is 0 Å². The average Bonchev–Trinajstić information content (AvgIpc) is 3.21. The van der Waals surface area contributed by atoms with E-state index < -0.39 is 0 Å². The number of rotatable bonds is 4. The molecule has 2 aromatic carbocycles.